The first-order chi connectivity index (χ1) is 21.6. The molecule has 2 heterocycles. The molecule has 2 atom stereocenters. The SMILES string of the molecule is CC(C)(C)OC(=O)[C@H](Cc1ccc(N2CCN(C3CCOC3)CC2=O)cc1)NC(=O)OCc1cccc2c1Cc1ccccc1-2. The minimum absolute atomic E-state index is 0.0601. The lowest BCUT2D eigenvalue weighted by Gasteiger charge is -2.37. The van der Waals surface area contributed by atoms with E-state index in [1.165, 1.54) is 11.1 Å². The van der Waals surface area contributed by atoms with Crippen molar-refractivity contribution in [1.82, 2.24) is 10.2 Å². The summed E-state index contributed by atoms with van der Waals surface area (Å²) in [6.45, 7) is 8.69. The van der Waals surface area contributed by atoms with Crippen LogP contribution in [0.15, 0.2) is 66.7 Å². The molecule has 0 radical (unpaired) electrons. The van der Waals surface area contributed by atoms with Crippen LogP contribution >= 0.6 is 0 Å². The predicted octanol–water partition coefficient (Wildman–Crippen LogP) is 4.87. The highest BCUT2D eigenvalue weighted by molar-refractivity contribution is 5.95. The first kappa shape index (κ1) is 30.8. The molecule has 0 bridgehead atoms. The number of nitrogens with one attached hydrogen (secondary N) is 1. The van der Waals surface area contributed by atoms with Crippen LogP contribution in [0.2, 0.25) is 0 Å². The second-order valence-electron chi connectivity index (χ2n) is 13.0. The molecule has 6 rings (SSSR count). The number of esters is 1. The summed E-state index contributed by atoms with van der Waals surface area (Å²) in [6.07, 6.45) is 1.28. The quantitative estimate of drug-likeness (QED) is 0.284. The predicted molar refractivity (Wildman–Crippen MR) is 171 cm³/mol. The molecule has 3 aromatic rings. The Labute approximate surface area is 264 Å². The summed E-state index contributed by atoms with van der Waals surface area (Å²) in [4.78, 5) is 43.2. The Hall–Kier alpha value is -4.21. The van der Waals surface area contributed by atoms with Crippen molar-refractivity contribution in [2.24, 2.45) is 0 Å². The van der Waals surface area contributed by atoms with Crippen molar-refractivity contribution >= 4 is 23.7 Å². The van der Waals surface area contributed by atoms with E-state index in [9.17, 15) is 14.4 Å². The van der Waals surface area contributed by atoms with Crippen LogP contribution in [0.5, 0.6) is 0 Å². The molecule has 3 aromatic carbocycles. The molecule has 0 spiro atoms. The summed E-state index contributed by atoms with van der Waals surface area (Å²) < 4.78 is 16.8. The van der Waals surface area contributed by atoms with Gasteiger partial charge in [-0.1, -0.05) is 54.6 Å². The topological polar surface area (TPSA) is 97.4 Å². The molecule has 2 fully saturated rings. The molecule has 45 heavy (non-hydrogen) atoms. The average Bonchev–Trinajstić information content (AvgIpc) is 3.68. The monoisotopic (exact) mass is 611 g/mol. The van der Waals surface area contributed by atoms with Gasteiger partial charge in [-0.2, -0.15) is 0 Å². The van der Waals surface area contributed by atoms with Crippen LogP contribution in [0.25, 0.3) is 11.1 Å². The fourth-order valence-electron chi connectivity index (χ4n) is 6.39. The van der Waals surface area contributed by atoms with E-state index in [0.717, 1.165) is 53.9 Å². The lowest BCUT2D eigenvalue weighted by Crippen LogP contribution is -2.54. The van der Waals surface area contributed by atoms with Gasteiger partial charge >= 0.3 is 12.1 Å². The van der Waals surface area contributed by atoms with Crippen molar-refractivity contribution in [3.8, 4) is 11.1 Å². The van der Waals surface area contributed by atoms with Gasteiger partial charge in [-0.05, 0) is 79.1 Å². The number of nitrogens with zero attached hydrogens (tertiary/aromatic N) is 2. The highest BCUT2D eigenvalue weighted by Gasteiger charge is 2.32. The van der Waals surface area contributed by atoms with Gasteiger partial charge in [0.05, 0.1) is 13.2 Å². The van der Waals surface area contributed by atoms with Crippen LogP contribution in [0, 0.1) is 0 Å². The highest BCUT2D eigenvalue weighted by atomic mass is 16.6. The lowest BCUT2D eigenvalue weighted by atomic mass is 10.0. The molecular weight excluding hydrogens is 570 g/mol. The third-order valence-electron chi connectivity index (χ3n) is 8.65. The van der Waals surface area contributed by atoms with Gasteiger partial charge in [-0.15, -0.1) is 0 Å². The Bertz CT molecular complexity index is 1560. The first-order valence-corrected chi connectivity index (χ1v) is 15.7. The maximum atomic E-state index is 13.2. The van der Waals surface area contributed by atoms with Crippen LogP contribution < -0.4 is 10.2 Å². The first-order valence-electron chi connectivity index (χ1n) is 15.7. The van der Waals surface area contributed by atoms with Crippen LogP contribution in [-0.4, -0.2) is 73.4 Å². The van der Waals surface area contributed by atoms with Crippen molar-refractivity contribution in [3.63, 3.8) is 0 Å². The van der Waals surface area contributed by atoms with Gasteiger partial charge in [0.15, 0.2) is 0 Å². The Morgan fingerprint density at radius 3 is 2.51 bits per heavy atom. The van der Waals surface area contributed by atoms with Gasteiger partial charge in [-0.3, -0.25) is 9.69 Å². The van der Waals surface area contributed by atoms with Crippen molar-refractivity contribution in [1.29, 1.82) is 0 Å². The molecule has 3 aliphatic rings. The Kier molecular flexibility index (Phi) is 8.92. The Morgan fingerprint density at radius 1 is 1.00 bits per heavy atom. The molecule has 0 saturated carbocycles. The zero-order chi connectivity index (χ0) is 31.6. The van der Waals surface area contributed by atoms with Crippen molar-refractivity contribution in [2.45, 2.75) is 64.3 Å². The molecule has 2 amide bonds. The molecule has 1 aliphatic carbocycles. The number of carbonyl (C=O) groups is 3. The maximum absolute atomic E-state index is 13.2. The van der Waals surface area contributed by atoms with Gasteiger partial charge in [0.1, 0.15) is 18.2 Å². The number of ether oxygens (including phenoxy) is 3. The van der Waals surface area contributed by atoms with E-state index in [-0.39, 0.29) is 18.9 Å². The van der Waals surface area contributed by atoms with Gasteiger partial charge in [0.25, 0.3) is 0 Å². The number of amides is 2. The fourth-order valence-corrected chi connectivity index (χ4v) is 6.39. The Balaban J connectivity index is 1.09. The smallest absolute Gasteiger partial charge is 0.408 e. The van der Waals surface area contributed by atoms with E-state index >= 15 is 0 Å². The zero-order valence-corrected chi connectivity index (χ0v) is 26.2. The maximum Gasteiger partial charge on any atom is 0.408 e. The van der Waals surface area contributed by atoms with Gasteiger partial charge in [-0.25, -0.2) is 9.59 Å². The van der Waals surface area contributed by atoms with Crippen LogP contribution in [-0.2, 0) is 43.2 Å². The zero-order valence-electron chi connectivity index (χ0n) is 26.2. The third-order valence-corrected chi connectivity index (χ3v) is 8.65. The lowest BCUT2D eigenvalue weighted by molar-refractivity contribution is -0.157. The van der Waals surface area contributed by atoms with Gasteiger partial charge in [0.2, 0.25) is 5.91 Å². The number of carbonyl (C=O) groups excluding carboxylic acids is 3. The standard InChI is InChI=1S/C36H41N3O6/c1-36(2,3)45-34(41)32(37-35(42)44-22-26-8-6-10-30-29-9-5-4-7-25(29)20-31(26)30)19-24-11-13-27(14-12-24)39-17-16-38(21-33(39)40)28-15-18-43-23-28/h4-14,28,32H,15-23H2,1-3H3,(H,37,42)/t28?,32-/m0/s1. The number of benzene rings is 3. The number of hydrogen-bond donors (Lipinski definition) is 1. The number of anilines is 1. The number of piperazine rings is 1. The number of hydrogen-bond acceptors (Lipinski definition) is 7. The molecule has 1 N–H and O–H groups in total. The van der Waals surface area contributed by atoms with Crippen molar-refractivity contribution in [2.75, 3.05) is 37.7 Å². The summed E-state index contributed by atoms with van der Waals surface area (Å²) in [7, 11) is 0. The number of fused-ring (bicyclic) bond motifs is 3. The molecule has 2 saturated heterocycles. The molecule has 2 aliphatic heterocycles. The molecule has 0 aromatic heterocycles. The highest BCUT2D eigenvalue weighted by Crippen LogP contribution is 2.38. The fraction of sp³-hybridized carbons (Fsp3) is 0.417. The van der Waals surface area contributed by atoms with Crippen molar-refractivity contribution in [3.05, 3.63) is 89.0 Å². The Morgan fingerprint density at radius 2 is 1.78 bits per heavy atom. The average molecular weight is 612 g/mol. The second-order valence-corrected chi connectivity index (χ2v) is 13.0. The van der Waals surface area contributed by atoms with Crippen LogP contribution in [0.1, 0.15) is 49.4 Å². The van der Waals surface area contributed by atoms with E-state index in [0.29, 0.717) is 25.7 Å². The van der Waals surface area contributed by atoms with Crippen molar-refractivity contribution < 1.29 is 28.6 Å². The molecule has 9 heteroatoms. The molecule has 1 unspecified atom stereocenters. The summed E-state index contributed by atoms with van der Waals surface area (Å²) in [5, 5.41) is 2.74. The normalized spacial score (nSPS) is 18.7. The van der Waals surface area contributed by atoms with E-state index < -0.39 is 23.7 Å². The summed E-state index contributed by atoms with van der Waals surface area (Å²) >= 11 is 0. The molecule has 9 nitrogen and oxygen atoms in total. The minimum atomic E-state index is -0.952. The van der Waals surface area contributed by atoms with Gasteiger partial charge < -0.3 is 24.4 Å². The van der Waals surface area contributed by atoms with Crippen LogP contribution in [0.4, 0.5) is 10.5 Å². The molecular formula is C36H41N3O6. The summed E-state index contributed by atoms with van der Waals surface area (Å²) in [5.41, 5.74) is 6.63. The number of alkyl carbamates (subject to hydrolysis) is 1. The third kappa shape index (κ3) is 7.21. The van der Waals surface area contributed by atoms with Crippen LogP contribution in [0.3, 0.4) is 0 Å². The van der Waals surface area contributed by atoms with E-state index in [2.05, 4.69) is 28.4 Å². The van der Waals surface area contributed by atoms with E-state index in [4.69, 9.17) is 14.2 Å². The second kappa shape index (κ2) is 13.0. The van der Waals surface area contributed by atoms with Gasteiger partial charge in [0, 0.05) is 37.8 Å². The van der Waals surface area contributed by atoms with E-state index in [1.54, 1.807) is 25.7 Å². The largest absolute Gasteiger partial charge is 0.458 e. The minimum Gasteiger partial charge on any atom is -0.458 e. The summed E-state index contributed by atoms with van der Waals surface area (Å²) in [5.74, 6) is -0.480. The number of rotatable bonds is 8. The molecule has 236 valence electrons. The summed E-state index contributed by atoms with van der Waals surface area (Å²) in [6, 6.07) is 21.2. The van der Waals surface area contributed by atoms with E-state index in [1.807, 2.05) is 48.5 Å².